The van der Waals surface area contributed by atoms with Gasteiger partial charge in [0, 0.05) is 53.9 Å². The molecule has 5 nitrogen and oxygen atoms in total. The van der Waals surface area contributed by atoms with Crippen molar-refractivity contribution in [1.82, 2.24) is 15.2 Å². The van der Waals surface area contributed by atoms with Gasteiger partial charge in [-0.05, 0) is 76.4 Å². The fraction of sp³-hybridized carbons (Fsp3) is 0.591. The third-order valence-electron chi connectivity index (χ3n) is 6.51. The Bertz CT molecular complexity index is 814. The van der Waals surface area contributed by atoms with E-state index in [0.29, 0.717) is 0 Å². The predicted octanol–water partition coefficient (Wildman–Crippen LogP) is 3.41. The molecular weight excluding hydrogens is 338 g/mol. The highest BCUT2D eigenvalue weighted by atomic mass is 16.5. The van der Waals surface area contributed by atoms with Crippen LogP contribution in [-0.2, 0) is 4.74 Å². The molecule has 1 aromatic heterocycles. The number of likely N-dealkylation sites (tertiary alicyclic amines) is 1. The van der Waals surface area contributed by atoms with E-state index in [1.54, 1.807) is 0 Å². The van der Waals surface area contributed by atoms with Crippen LogP contribution in [0.1, 0.15) is 47.3 Å². The number of nitrogens with one attached hydrogen (secondary N) is 2. The fourth-order valence-electron chi connectivity index (χ4n) is 4.58. The van der Waals surface area contributed by atoms with Crippen LogP contribution in [-0.4, -0.2) is 55.2 Å². The Morgan fingerprint density at radius 1 is 1.22 bits per heavy atom. The summed E-state index contributed by atoms with van der Waals surface area (Å²) in [6, 6.07) is 5.95. The molecule has 2 aliphatic heterocycles. The highest BCUT2D eigenvalue weighted by Crippen LogP contribution is 2.32. The number of hydrogen-bond donors (Lipinski definition) is 2. The predicted molar refractivity (Wildman–Crippen MR) is 108 cm³/mol. The first-order chi connectivity index (χ1) is 13.1. The van der Waals surface area contributed by atoms with Crippen molar-refractivity contribution in [3.05, 3.63) is 35.0 Å². The van der Waals surface area contributed by atoms with Gasteiger partial charge in [-0.15, -0.1) is 0 Å². The fourth-order valence-corrected chi connectivity index (χ4v) is 4.58. The molecular formula is C22H31N3O2. The molecule has 0 spiro atoms. The largest absolute Gasteiger partial charge is 0.381 e. The molecule has 2 aromatic rings. The Balaban J connectivity index is 1.46. The van der Waals surface area contributed by atoms with Crippen LogP contribution in [0.25, 0.3) is 10.9 Å². The Morgan fingerprint density at radius 2 is 1.96 bits per heavy atom. The van der Waals surface area contributed by atoms with Crippen LogP contribution in [0.4, 0.5) is 0 Å². The van der Waals surface area contributed by atoms with Gasteiger partial charge in [0.25, 0.3) is 5.91 Å². The van der Waals surface area contributed by atoms with E-state index in [1.807, 2.05) is 18.2 Å². The van der Waals surface area contributed by atoms with Crippen molar-refractivity contribution in [3.63, 3.8) is 0 Å². The Hall–Kier alpha value is -1.85. The average Bonchev–Trinajstić information content (AvgIpc) is 3.28. The standard InChI is InChI=1S/C22H31N3O2/c1-16-17(2)24-20-6-5-18(13-19(16)20)21(26)23-14-22(7-11-27-12-8-22)15-25-9-3-4-10-25/h5-6,13,24H,3-4,7-12,14-15H2,1-2H3,(H,23,26). The van der Waals surface area contributed by atoms with Crippen molar-refractivity contribution in [3.8, 4) is 0 Å². The number of rotatable bonds is 5. The number of ether oxygens (including phenoxy) is 1. The second-order valence-corrected chi connectivity index (χ2v) is 8.41. The second-order valence-electron chi connectivity index (χ2n) is 8.41. The Morgan fingerprint density at radius 3 is 2.70 bits per heavy atom. The highest BCUT2D eigenvalue weighted by molar-refractivity contribution is 5.99. The normalized spacial score (nSPS) is 20.2. The lowest BCUT2D eigenvalue weighted by molar-refractivity contribution is -0.000628. The Kier molecular flexibility index (Phi) is 5.24. The van der Waals surface area contributed by atoms with Crippen LogP contribution < -0.4 is 5.32 Å². The number of aryl methyl sites for hydroxylation is 2. The molecule has 2 fully saturated rings. The number of amides is 1. The summed E-state index contributed by atoms with van der Waals surface area (Å²) >= 11 is 0. The number of hydrogen-bond acceptors (Lipinski definition) is 3. The third-order valence-corrected chi connectivity index (χ3v) is 6.51. The number of fused-ring (bicyclic) bond motifs is 1. The molecule has 1 aromatic carbocycles. The van der Waals surface area contributed by atoms with E-state index in [2.05, 4.69) is 29.0 Å². The molecule has 2 N–H and O–H groups in total. The number of aromatic nitrogens is 1. The zero-order chi connectivity index (χ0) is 18.9. The van der Waals surface area contributed by atoms with Crippen LogP contribution >= 0.6 is 0 Å². The first-order valence-corrected chi connectivity index (χ1v) is 10.2. The van der Waals surface area contributed by atoms with Crippen LogP contribution in [0, 0.1) is 19.3 Å². The van der Waals surface area contributed by atoms with Crippen molar-refractivity contribution < 1.29 is 9.53 Å². The van der Waals surface area contributed by atoms with Crippen LogP contribution in [0.2, 0.25) is 0 Å². The van der Waals surface area contributed by atoms with E-state index < -0.39 is 0 Å². The first-order valence-electron chi connectivity index (χ1n) is 10.2. The smallest absolute Gasteiger partial charge is 0.251 e. The van der Waals surface area contributed by atoms with Crippen molar-refractivity contribution in [2.45, 2.75) is 39.5 Å². The van der Waals surface area contributed by atoms with Gasteiger partial charge in [0.2, 0.25) is 0 Å². The molecule has 0 saturated carbocycles. The quantitative estimate of drug-likeness (QED) is 0.849. The van der Waals surface area contributed by atoms with Gasteiger partial charge in [-0.3, -0.25) is 4.79 Å². The van der Waals surface area contributed by atoms with Gasteiger partial charge in [0.05, 0.1) is 0 Å². The van der Waals surface area contributed by atoms with Crippen molar-refractivity contribution in [2.75, 3.05) is 39.4 Å². The van der Waals surface area contributed by atoms with Crippen molar-refractivity contribution in [2.24, 2.45) is 5.41 Å². The monoisotopic (exact) mass is 369 g/mol. The van der Waals surface area contributed by atoms with Gasteiger partial charge in [0.1, 0.15) is 0 Å². The topological polar surface area (TPSA) is 57.4 Å². The molecule has 5 heteroatoms. The molecule has 0 aliphatic carbocycles. The van der Waals surface area contributed by atoms with E-state index in [4.69, 9.17) is 4.74 Å². The maximum atomic E-state index is 12.9. The number of carbonyl (C=O) groups excluding carboxylic acids is 1. The third kappa shape index (κ3) is 3.90. The molecule has 0 unspecified atom stereocenters. The number of H-pyrrole nitrogens is 1. The molecule has 1 amide bonds. The maximum Gasteiger partial charge on any atom is 0.251 e. The summed E-state index contributed by atoms with van der Waals surface area (Å²) < 4.78 is 5.61. The van der Waals surface area contributed by atoms with Crippen molar-refractivity contribution >= 4 is 16.8 Å². The molecule has 0 atom stereocenters. The molecule has 3 heterocycles. The first kappa shape index (κ1) is 18.5. The van der Waals surface area contributed by atoms with E-state index in [-0.39, 0.29) is 11.3 Å². The number of benzene rings is 1. The van der Waals surface area contributed by atoms with E-state index >= 15 is 0 Å². The van der Waals surface area contributed by atoms with E-state index in [1.165, 1.54) is 31.5 Å². The van der Waals surface area contributed by atoms with Gasteiger partial charge in [-0.2, -0.15) is 0 Å². The van der Waals surface area contributed by atoms with Crippen molar-refractivity contribution in [1.29, 1.82) is 0 Å². The molecule has 2 saturated heterocycles. The molecule has 0 bridgehead atoms. The zero-order valence-corrected chi connectivity index (χ0v) is 16.6. The lowest BCUT2D eigenvalue weighted by Crippen LogP contribution is -2.48. The SMILES string of the molecule is Cc1[nH]c2ccc(C(=O)NCC3(CN4CCCC4)CCOCC3)cc2c1C. The zero-order valence-electron chi connectivity index (χ0n) is 16.6. The summed E-state index contributed by atoms with van der Waals surface area (Å²) in [5, 5.41) is 4.38. The highest BCUT2D eigenvalue weighted by Gasteiger charge is 2.35. The van der Waals surface area contributed by atoms with Crippen LogP contribution in [0.15, 0.2) is 18.2 Å². The van der Waals surface area contributed by atoms with Gasteiger partial charge in [-0.1, -0.05) is 0 Å². The summed E-state index contributed by atoms with van der Waals surface area (Å²) in [6.07, 6.45) is 4.65. The molecule has 2 aliphatic rings. The van der Waals surface area contributed by atoms with Gasteiger partial charge < -0.3 is 19.9 Å². The average molecular weight is 370 g/mol. The second kappa shape index (κ2) is 7.64. The van der Waals surface area contributed by atoms with Gasteiger partial charge in [0.15, 0.2) is 0 Å². The molecule has 4 rings (SSSR count). The lowest BCUT2D eigenvalue weighted by Gasteiger charge is -2.40. The van der Waals surface area contributed by atoms with Crippen LogP contribution in [0.5, 0.6) is 0 Å². The molecule has 0 radical (unpaired) electrons. The summed E-state index contributed by atoms with van der Waals surface area (Å²) in [4.78, 5) is 18.8. The van der Waals surface area contributed by atoms with Gasteiger partial charge >= 0.3 is 0 Å². The minimum absolute atomic E-state index is 0.0300. The number of nitrogens with zero attached hydrogens (tertiary/aromatic N) is 1. The number of carbonyl (C=O) groups is 1. The lowest BCUT2D eigenvalue weighted by atomic mass is 9.79. The summed E-state index contributed by atoms with van der Waals surface area (Å²) in [5.41, 5.74) is 4.36. The van der Waals surface area contributed by atoms with E-state index in [0.717, 1.165) is 61.3 Å². The van der Waals surface area contributed by atoms with E-state index in [9.17, 15) is 4.79 Å². The van der Waals surface area contributed by atoms with Gasteiger partial charge in [-0.25, -0.2) is 0 Å². The minimum Gasteiger partial charge on any atom is -0.381 e. The molecule has 146 valence electrons. The summed E-state index contributed by atoms with van der Waals surface area (Å²) in [7, 11) is 0. The summed E-state index contributed by atoms with van der Waals surface area (Å²) in [6.45, 7) is 9.97. The van der Waals surface area contributed by atoms with Crippen LogP contribution in [0.3, 0.4) is 0 Å². The molecule has 27 heavy (non-hydrogen) atoms. The minimum atomic E-state index is 0.0300. The summed E-state index contributed by atoms with van der Waals surface area (Å²) in [5.74, 6) is 0.0300. The number of aromatic amines is 1. The maximum absolute atomic E-state index is 12.9. The Labute approximate surface area is 161 Å².